The van der Waals surface area contributed by atoms with E-state index in [1.165, 1.54) is 49.5 Å². The normalized spacial score (nSPS) is 26.4. The number of rotatable bonds is 14. The number of esters is 1. The summed E-state index contributed by atoms with van der Waals surface area (Å²) >= 11 is 26.2. The average molecular weight is 1120 g/mol. The summed E-state index contributed by atoms with van der Waals surface area (Å²) in [6.07, 6.45) is 14.0. The zero-order chi connectivity index (χ0) is 52.6. The Bertz CT molecular complexity index is 3170. The first-order valence-corrected chi connectivity index (χ1v) is 29.1. The van der Waals surface area contributed by atoms with Gasteiger partial charge in [0.2, 0.25) is 0 Å². The van der Waals surface area contributed by atoms with E-state index in [1.54, 1.807) is 6.07 Å². The summed E-state index contributed by atoms with van der Waals surface area (Å²) in [7, 11) is 1.43. The van der Waals surface area contributed by atoms with Gasteiger partial charge in [-0.05, 0) is 172 Å². The van der Waals surface area contributed by atoms with Crippen LogP contribution in [0.5, 0.6) is 0 Å². The second-order valence-electron chi connectivity index (χ2n) is 23.0. The van der Waals surface area contributed by atoms with Gasteiger partial charge in [-0.15, -0.1) is 0 Å². The van der Waals surface area contributed by atoms with Gasteiger partial charge < -0.3 is 28.4 Å². The van der Waals surface area contributed by atoms with Crippen LogP contribution in [0.1, 0.15) is 155 Å². The van der Waals surface area contributed by atoms with E-state index >= 15 is 0 Å². The number of nitrogens with zero attached hydrogens (tertiary/aromatic N) is 4. The van der Waals surface area contributed by atoms with Crippen molar-refractivity contribution in [1.29, 1.82) is 0 Å². The largest absolute Gasteiger partial charge is 0.478 e. The summed E-state index contributed by atoms with van der Waals surface area (Å²) in [6, 6.07) is 23.7. The third-order valence-electron chi connectivity index (χ3n) is 18.3. The van der Waals surface area contributed by atoms with Gasteiger partial charge in [-0.1, -0.05) is 81.0 Å². The molecule has 1 N–H and O–H groups in total. The Kier molecular flexibility index (Phi) is 14.3. The highest BCUT2D eigenvalue weighted by Crippen LogP contribution is 2.52. The van der Waals surface area contributed by atoms with Gasteiger partial charge in [0, 0.05) is 72.4 Å². The Morgan fingerprint density at radius 3 is 1.34 bits per heavy atom. The van der Waals surface area contributed by atoms with Crippen LogP contribution in [0, 0.1) is 23.7 Å². The molecule has 8 aliphatic rings. The smallest absolute Gasteiger partial charge is 0.337 e. The van der Waals surface area contributed by atoms with E-state index in [0.717, 1.165) is 111 Å². The number of hydrogen-bond acceptors (Lipinski definition) is 11. The molecule has 77 heavy (non-hydrogen) atoms. The van der Waals surface area contributed by atoms with Gasteiger partial charge >= 0.3 is 11.9 Å². The molecule has 6 aliphatic carbocycles. The summed E-state index contributed by atoms with van der Waals surface area (Å²) in [5.41, 5.74) is 10.9. The van der Waals surface area contributed by atoms with E-state index in [4.69, 9.17) is 69.7 Å². The highest BCUT2D eigenvalue weighted by atomic mass is 35.5. The van der Waals surface area contributed by atoms with Crippen LogP contribution in [0.4, 0.5) is 0 Å². The Morgan fingerprint density at radius 1 is 0.558 bits per heavy atom. The van der Waals surface area contributed by atoms with E-state index < -0.39 is 5.97 Å². The van der Waals surface area contributed by atoms with E-state index in [9.17, 15) is 14.7 Å². The second kappa shape index (κ2) is 21.4. The Labute approximate surface area is 468 Å². The molecule has 2 aliphatic heterocycles. The number of aromatic carboxylic acids is 1. The fourth-order valence-corrected chi connectivity index (χ4v) is 15.6. The standard InChI is InChI=1S/C31H32Cl2N2O4.C30H30Cl2N2O4/c1-37-31(36)20-9-10-21-14-35(15-22(21)11-20)29-18-7-8-19(29)13-23(12-18)38-16-24-28(34-39-30(24)17-5-6-17)27-25(32)3-2-4-26(27)33;31-24-2-1-3-25(32)26(24)27-23(29(38-33-27)16-4-5-16)15-37-22-11-17-6-7-18(12-22)28(17)34-13-20-9-8-19(30(35)36)10-21(20)14-34/h2-4,9-11,17-19,23,29H,5-8,12-16H2,1H3;1-3,8-10,16-18,22,28H,4-7,11-15H2,(H,35,36). The van der Waals surface area contributed by atoms with E-state index in [2.05, 4.69) is 26.2 Å². The van der Waals surface area contributed by atoms with Crippen LogP contribution in [0.15, 0.2) is 81.8 Å². The first-order valence-electron chi connectivity index (χ1n) is 27.6. The van der Waals surface area contributed by atoms with Crippen LogP contribution in [-0.2, 0) is 53.6 Å². The number of carbonyl (C=O) groups is 2. The number of hydrogen-bond donors (Lipinski definition) is 1. The number of carbonyl (C=O) groups excluding carboxylic acids is 1. The summed E-state index contributed by atoms with van der Waals surface area (Å²) in [4.78, 5) is 28.7. The van der Waals surface area contributed by atoms with Gasteiger partial charge in [-0.2, -0.15) is 0 Å². The number of halogens is 4. The molecule has 4 aromatic carbocycles. The lowest BCUT2D eigenvalue weighted by molar-refractivity contribution is -0.0335. The van der Waals surface area contributed by atoms with E-state index in [1.807, 2.05) is 60.7 Å². The molecule has 4 unspecified atom stereocenters. The number of carboxylic acid groups (broad SMARTS) is 1. The van der Waals surface area contributed by atoms with Crippen LogP contribution < -0.4 is 0 Å². The lowest BCUT2D eigenvalue weighted by atomic mass is 9.81. The lowest BCUT2D eigenvalue weighted by Crippen LogP contribution is -2.44. The molecule has 12 nitrogen and oxygen atoms in total. The maximum Gasteiger partial charge on any atom is 0.337 e. The molecule has 6 saturated carbocycles. The number of fused-ring (bicyclic) bond motifs is 6. The van der Waals surface area contributed by atoms with Crippen LogP contribution >= 0.6 is 46.4 Å². The molecule has 6 aromatic rings. The monoisotopic (exact) mass is 1120 g/mol. The van der Waals surface area contributed by atoms with Crippen molar-refractivity contribution in [2.45, 2.75) is 153 Å². The average Bonchev–Trinajstić information content (AvgIpc) is 4.19. The van der Waals surface area contributed by atoms with Crippen molar-refractivity contribution in [1.82, 2.24) is 20.1 Å². The fourth-order valence-electron chi connectivity index (χ4n) is 14.5. The maximum absolute atomic E-state index is 12.0. The number of ether oxygens (including phenoxy) is 3. The SMILES string of the molecule is COC(=O)c1ccc2c(c1)CN(C1C3CCC1CC(OCc1c(-c4c(Cl)cccc4Cl)noc1C1CC1)C3)C2.O=C(O)c1ccc2c(c1)CN(C1C3CCC1CC(OCc1c(-c4c(Cl)cccc4Cl)noc1C1CC1)C3)C2. The maximum atomic E-state index is 12.0. The van der Waals surface area contributed by atoms with Crippen molar-refractivity contribution in [3.63, 3.8) is 0 Å². The van der Waals surface area contributed by atoms with Crippen LogP contribution in [0.3, 0.4) is 0 Å². The summed E-state index contributed by atoms with van der Waals surface area (Å²) < 4.78 is 29.8. The molecule has 2 aromatic heterocycles. The van der Waals surface area contributed by atoms with Crippen molar-refractivity contribution in [2.75, 3.05) is 7.11 Å². The van der Waals surface area contributed by atoms with Crippen molar-refractivity contribution in [2.24, 2.45) is 23.7 Å². The molecule has 6 fully saturated rings. The van der Waals surface area contributed by atoms with Crippen LogP contribution in [0.2, 0.25) is 20.1 Å². The van der Waals surface area contributed by atoms with Crippen molar-refractivity contribution < 1.29 is 38.0 Å². The van der Waals surface area contributed by atoms with Crippen molar-refractivity contribution in [3.8, 4) is 22.5 Å². The minimum Gasteiger partial charge on any atom is -0.478 e. The Balaban J connectivity index is 0.000000147. The van der Waals surface area contributed by atoms with Crippen LogP contribution in [-0.4, -0.2) is 68.6 Å². The van der Waals surface area contributed by atoms with Crippen LogP contribution in [0.25, 0.3) is 22.5 Å². The second-order valence-corrected chi connectivity index (χ2v) is 24.7. The van der Waals surface area contributed by atoms with Gasteiger partial charge in [-0.3, -0.25) is 9.80 Å². The number of methoxy groups -OCH3 is 1. The summed E-state index contributed by atoms with van der Waals surface area (Å²) in [5, 5.41) is 20.5. The van der Waals surface area contributed by atoms with Crippen molar-refractivity contribution >= 4 is 58.3 Å². The number of benzene rings is 4. The highest BCUT2D eigenvalue weighted by Gasteiger charge is 2.49. The molecule has 16 heteroatoms. The van der Waals surface area contributed by atoms with Gasteiger partial charge in [0.25, 0.3) is 0 Å². The molecule has 4 heterocycles. The third-order valence-corrected chi connectivity index (χ3v) is 19.5. The van der Waals surface area contributed by atoms with E-state index in [-0.39, 0.29) is 18.2 Å². The predicted molar refractivity (Wildman–Crippen MR) is 293 cm³/mol. The summed E-state index contributed by atoms with van der Waals surface area (Å²) in [6.45, 7) is 4.52. The van der Waals surface area contributed by atoms with Gasteiger partial charge in [0.1, 0.15) is 22.9 Å². The molecule has 402 valence electrons. The first kappa shape index (κ1) is 51.7. The predicted octanol–water partition coefficient (Wildman–Crippen LogP) is 14.7. The molecular weight excluding hydrogens is 1060 g/mol. The minimum absolute atomic E-state index is 0.198. The minimum atomic E-state index is -0.860. The van der Waals surface area contributed by atoms with E-state index in [0.29, 0.717) is 109 Å². The van der Waals surface area contributed by atoms with Crippen molar-refractivity contribution in [3.05, 3.63) is 149 Å². The number of aromatic nitrogens is 2. The molecule has 0 spiro atoms. The molecule has 14 rings (SSSR count). The quantitative estimate of drug-likeness (QED) is 0.104. The molecule has 4 bridgehead atoms. The highest BCUT2D eigenvalue weighted by molar-refractivity contribution is 6.39. The van der Waals surface area contributed by atoms with Gasteiger partial charge in [-0.25, -0.2) is 9.59 Å². The van der Waals surface area contributed by atoms with Gasteiger partial charge in [0.05, 0.1) is 63.7 Å². The molecule has 0 radical (unpaired) electrons. The zero-order valence-electron chi connectivity index (χ0n) is 43.0. The van der Waals surface area contributed by atoms with Gasteiger partial charge in [0.15, 0.2) is 0 Å². The molecular formula is C61H62Cl4N4O8. The third kappa shape index (κ3) is 10.2. The Morgan fingerprint density at radius 2 is 0.948 bits per heavy atom. The lowest BCUT2D eigenvalue weighted by Gasteiger charge is -2.40. The topological polar surface area (TPSA) is 141 Å². The summed E-state index contributed by atoms with van der Waals surface area (Å²) in [5.74, 6) is 3.95. The molecule has 0 amide bonds. The zero-order valence-corrected chi connectivity index (χ0v) is 46.1. The fraction of sp³-hybridized carbons (Fsp3) is 0.475. The molecule has 0 saturated heterocycles. The molecule has 4 atom stereocenters. The number of carboxylic acids is 1. The first-order chi connectivity index (χ1) is 37.5. The Hall–Kier alpha value is -4.76.